The summed E-state index contributed by atoms with van der Waals surface area (Å²) in [5.41, 5.74) is 2.76. The molecule has 1 heterocycles. The molecule has 3 N–H and O–H groups in total. The van der Waals surface area contributed by atoms with Gasteiger partial charge in [0.2, 0.25) is 5.96 Å². The molecule has 0 radical (unpaired) electrons. The summed E-state index contributed by atoms with van der Waals surface area (Å²) >= 11 is 0. The van der Waals surface area contributed by atoms with Gasteiger partial charge in [0.05, 0.1) is 6.04 Å². The lowest BCUT2D eigenvalue weighted by atomic mass is 10.00. The first kappa shape index (κ1) is 13.6. The Labute approximate surface area is 110 Å². The van der Waals surface area contributed by atoms with Gasteiger partial charge in [-0.15, -0.1) is 0 Å². The molecule has 2 aliphatic rings. The van der Waals surface area contributed by atoms with Crippen LogP contribution in [0.4, 0.5) is 0 Å². The maximum Gasteiger partial charge on any atom is 0.208 e. The van der Waals surface area contributed by atoms with Gasteiger partial charge in [0.1, 0.15) is 0 Å². The quantitative estimate of drug-likeness (QED) is 0.343. The van der Waals surface area contributed by atoms with Gasteiger partial charge in [0, 0.05) is 26.8 Å². The van der Waals surface area contributed by atoms with Crippen molar-refractivity contribution in [3.05, 3.63) is 0 Å². The van der Waals surface area contributed by atoms with E-state index in [4.69, 9.17) is 15.6 Å². The highest BCUT2D eigenvalue weighted by Crippen LogP contribution is 2.21. The standard InChI is InChI=1S/C13H26N4O/c1-17(10-11-6-8-18-9-7-11)13(16-14)15-12-4-2-3-5-12/h11-12H,2-10,14H2,1H3,(H,15,16). The third kappa shape index (κ3) is 3.85. The van der Waals surface area contributed by atoms with E-state index >= 15 is 0 Å². The number of hydrogen-bond donors (Lipinski definition) is 2. The number of rotatable bonds is 3. The number of guanidine groups is 1. The van der Waals surface area contributed by atoms with E-state index in [-0.39, 0.29) is 0 Å². The first-order valence-corrected chi connectivity index (χ1v) is 7.13. The molecule has 5 nitrogen and oxygen atoms in total. The highest BCUT2D eigenvalue weighted by atomic mass is 16.5. The van der Waals surface area contributed by atoms with Crippen molar-refractivity contribution in [1.82, 2.24) is 10.3 Å². The van der Waals surface area contributed by atoms with Crippen molar-refractivity contribution < 1.29 is 4.74 Å². The molecule has 0 aromatic heterocycles. The van der Waals surface area contributed by atoms with Crippen LogP contribution >= 0.6 is 0 Å². The van der Waals surface area contributed by atoms with E-state index in [1.54, 1.807) is 0 Å². The lowest BCUT2D eigenvalue weighted by Crippen LogP contribution is -2.45. The van der Waals surface area contributed by atoms with Crippen molar-refractivity contribution in [2.45, 2.75) is 44.6 Å². The minimum Gasteiger partial charge on any atom is -0.381 e. The first-order valence-electron chi connectivity index (χ1n) is 7.13. The van der Waals surface area contributed by atoms with Crippen LogP contribution in [-0.2, 0) is 4.74 Å². The van der Waals surface area contributed by atoms with Crippen LogP contribution in [-0.4, -0.2) is 43.7 Å². The summed E-state index contributed by atoms with van der Waals surface area (Å²) in [5, 5.41) is 0. The first-order chi connectivity index (χ1) is 8.79. The summed E-state index contributed by atoms with van der Waals surface area (Å²) in [6.45, 7) is 2.80. The van der Waals surface area contributed by atoms with Crippen molar-refractivity contribution in [2.75, 3.05) is 26.8 Å². The van der Waals surface area contributed by atoms with Crippen molar-refractivity contribution in [3.63, 3.8) is 0 Å². The molecule has 2 rings (SSSR count). The normalized spacial score (nSPS) is 23.3. The van der Waals surface area contributed by atoms with Gasteiger partial charge in [-0.25, -0.2) is 10.8 Å². The summed E-state index contributed by atoms with van der Waals surface area (Å²) in [4.78, 5) is 6.90. The molecule has 5 heteroatoms. The molecule has 0 atom stereocenters. The number of nitrogens with two attached hydrogens (primary N) is 1. The van der Waals surface area contributed by atoms with Crippen molar-refractivity contribution in [3.8, 4) is 0 Å². The molecular weight excluding hydrogens is 228 g/mol. The molecule has 18 heavy (non-hydrogen) atoms. The van der Waals surface area contributed by atoms with E-state index in [9.17, 15) is 0 Å². The minimum absolute atomic E-state index is 0.466. The van der Waals surface area contributed by atoms with Crippen LogP contribution < -0.4 is 11.3 Å². The second-order valence-corrected chi connectivity index (χ2v) is 5.47. The van der Waals surface area contributed by atoms with Crippen LogP contribution in [0.25, 0.3) is 0 Å². The molecule has 1 saturated carbocycles. The van der Waals surface area contributed by atoms with E-state index in [0.29, 0.717) is 12.0 Å². The Morgan fingerprint density at radius 1 is 1.28 bits per heavy atom. The smallest absolute Gasteiger partial charge is 0.208 e. The summed E-state index contributed by atoms with van der Waals surface area (Å²) in [6.07, 6.45) is 7.30. The monoisotopic (exact) mass is 254 g/mol. The fourth-order valence-corrected chi connectivity index (χ4v) is 2.86. The van der Waals surface area contributed by atoms with Crippen molar-refractivity contribution in [2.24, 2.45) is 16.8 Å². The molecule has 0 aromatic carbocycles. The highest BCUT2D eigenvalue weighted by Gasteiger charge is 2.19. The van der Waals surface area contributed by atoms with Crippen molar-refractivity contribution in [1.29, 1.82) is 0 Å². The Balaban J connectivity index is 1.85. The number of nitrogens with zero attached hydrogens (tertiary/aromatic N) is 2. The minimum atomic E-state index is 0.466. The number of aliphatic imine (C=N–C) groups is 1. The third-order valence-corrected chi connectivity index (χ3v) is 3.99. The zero-order valence-corrected chi connectivity index (χ0v) is 11.4. The zero-order chi connectivity index (χ0) is 12.8. The largest absolute Gasteiger partial charge is 0.381 e. The molecule has 2 fully saturated rings. The molecule has 0 bridgehead atoms. The SMILES string of the molecule is CN(CC1CCOCC1)C(=NC1CCCC1)NN. The van der Waals surface area contributed by atoms with Gasteiger partial charge >= 0.3 is 0 Å². The van der Waals surface area contributed by atoms with E-state index in [2.05, 4.69) is 17.4 Å². The van der Waals surface area contributed by atoms with Gasteiger partial charge in [0.15, 0.2) is 0 Å². The molecular formula is C13H26N4O. The molecule has 1 saturated heterocycles. The molecule has 1 aliphatic carbocycles. The lowest BCUT2D eigenvalue weighted by Gasteiger charge is -2.29. The molecule has 0 amide bonds. The number of ether oxygens (including phenoxy) is 1. The second kappa shape index (κ2) is 6.95. The maximum atomic E-state index is 5.61. The van der Waals surface area contributed by atoms with E-state index in [1.807, 2.05) is 0 Å². The predicted molar refractivity (Wildman–Crippen MR) is 73.2 cm³/mol. The Hall–Kier alpha value is -0.810. The van der Waals surface area contributed by atoms with Gasteiger partial charge in [-0.05, 0) is 31.6 Å². The predicted octanol–water partition coefficient (Wildman–Crippen LogP) is 1.11. The van der Waals surface area contributed by atoms with E-state index in [1.165, 1.54) is 25.7 Å². The van der Waals surface area contributed by atoms with Crippen LogP contribution in [0.5, 0.6) is 0 Å². The Morgan fingerprint density at radius 3 is 2.56 bits per heavy atom. The average Bonchev–Trinajstić information content (AvgIpc) is 2.90. The van der Waals surface area contributed by atoms with Gasteiger partial charge < -0.3 is 9.64 Å². The number of hydrazine groups is 1. The van der Waals surface area contributed by atoms with Crippen LogP contribution in [0.15, 0.2) is 4.99 Å². The highest BCUT2D eigenvalue weighted by molar-refractivity contribution is 5.79. The van der Waals surface area contributed by atoms with Gasteiger partial charge in [-0.1, -0.05) is 12.8 Å². The molecule has 0 spiro atoms. The third-order valence-electron chi connectivity index (χ3n) is 3.99. The van der Waals surface area contributed by atoms with E-state index < -0.39 is 0 Å². The Bertz CT molecular complexity index is 270. The number of hydrogen-bond acceptors (Lipinski definition) is 3. The van der Waals surface area contributed by atoms with Gasteiger partial charge in [-0.3, -0.25) is 5.43 Å². The summed E-state index contributed by atoms with van der Waals surface area (Å²) in [5.74, 6) is 7.15. The Kier molecular flexibility index (Phi) is 5.26. The summed E-state index contributed by atoms with van der Waals surface area (Å²) in [6, 6.07) is 0.466. The summed E-state index contributed by atoms with van der Waals surface area (Å²) < 4.78 is 5.39. The van der Waals surface area contributed by atoms with E-state index in [0.717, 1.165) is 38.6 Å². The Morgan fingerprint density at radius 2 is 1.94 bits per heavy atom. The van der Waals surface area contributed by atoms with Gasteiger partial charge in [-0.2, -0.15) is 0 Å². The van der Waals surface area contributed by atoms with Crippen LogP contribution in [0, 0.1) is 5.92 Å². The zero-order valence-electron chi connectivity index (χ0n) is 11.4. The summed E-state index contributed by atoms with van der Waals surface area (Å²) in [7, 11) is 2.07. The molecule has 0 unspecified atom stereocenters. The van der Waals surface area contributed by atoms with Crippen LogP contribution in [0.2, 0.25) is 0 Å². The molecule has 1 aliphatic heterocycles. The molecule has 104 valence electrons. The van der Waals surface area contributed by atoms with Gasteiger partial charge in [0.25, 0.3) is 0 Å². The maximum absolute atomic E-state index is 5.61. The average molecular weight is 254 g/mol. The van der Waals surface area contributed by atoms with Crippen LogP contribution in [0.3, 0.4) is 0 Å². The van der Waals surface area contributed by atoms with Crippen molar-refractivity contribution >= 4 is 5.96 Å². The van der Waals surface area contributed by atoms with Crippen LogP contribution in [0.1, 0.15) is 38.5 Å². The molecule has 0 aromatic rings. The fourth-order valence-electron chi connectivity index (χ4n) is 2.86. The topological polar surface area (TPSA) is 62.9 Å². The lowest BCUT2D eigenvalue weighted by molar-refractivity contribution is 0.0610. The fraction of sp³-hybridized carbons (Fsp3) is 0.923. The second-order valence-electron chi connectivity index (χ2n) is 5.47. The number of nitrogens with one attached hydrogen (secondary N) is 1.